The SMILES string of the molecule is CC1(NC(=O)C2CC(O)CN2)CCC1. The number of hydrogen-bond acceptors (Lipinski definition) is 3. The summed E-state index contributed by atoms with van der Waals surface area (Å²) in [6.45, 7) is 2.62. The second kappa shape index (κ2) is 3.51. The fourth-order valence-electron chi connectivity index (χ4n) is 2.13. The number of carbonyl (C=O) groups is 1. The smallest absolute Gasteiger partial charge is 0.237 e. The molecule has 0 radical (unpaired) electrons. The van der Waals surface area contributed by atoms with Crippen LogP contribution in [0.15, 0.2) is 0 Å². The minimum absolute atomic E-state index is 0.0201. The molecule has 3 N–H and O–H groups in total. The van der Waals surface area contributed by atoms with Gasteiger partial charge in [0, 0.05) is 12.1 Å². The monoisotopic (exact) mass is 198 g/mol. The van der Waals surface area contributed by atoms with Gasteiger partial charge in [0.05, 0.1) is 12.1 Å². The highest BCUT2D eigenvalue weighted by Gasteiger charge is 2.36. The van der Waals surface area contributed by atoms with Crippen LogP contribution >= 0.6 is 0 Å². The number of aliphatic hydroxyl groups excluding tert-OH is 1. The van der Waals surface area contributed by atoms with Crippen molar-refractivity contribution in [3.8, 4) is 0 Å². The zero-order valence-corrected chi connectivity index (χ0v) is 8.55. The number of hydrogen-bond donors (Lipinski definition) is 3. The molecule has 14 heavy (non-hydrogen) atoms. The maximum Gasteiger partial charge on any atom is 0.237 e. The van der Waals surface area contributed by atoms with Crippen LogP contribution in [0.3, 0.4) is 0 Å². The first kappa shape index (κ1) is 9.93. The molecule has 1 amide bonds. The van der Waals surface area contributed by atoms with E-state index < -0.39 is 0 Å². The molecule has 4 heteroatoms. The van der Waals surface area contributed by atoms with Gasteiger partial charge in [-0.3, -0.25) is 4.79 Å². The van der Waals surface area contributed by atoms with Crippen LogP contribution in [0.1, 0.15) is 32.6 Å². The molecule has 0 bridgehead atoms. The van der Waals surface area contributed by atoms with E-state index >= 15 is 0 Å². The van der Waals surface area contributed by atoms with Crippen LogP contribution in [0.25, 0.3) is 0 Å². The van der Waals surface area contributed by atoms with E-state index in [1.165, 1.54) is 6.42 Å². The van der Waals surface area contributed by atoms with Gasteiger partial charge < -0.3 is 15.7 Å². The normalized spacial score (nSPS) is 35.0. The van der Waals surface area contributed by atoms with E-state index in [0.29, 0.717) is 13.0 Å². The fraction of sp³-hybridized carbons (Fsp3) is 0.900. The van der Waals surface area contributed by atoms with E-state index in [1.54, 1.807) is 0 Å². The molecule has 1 aliphatic heterocycles. The Labute approximate surface area is 84.1 Å². The Hall–Kier alpha value is -0.610. The van der Waals surface area contributed by atoms with Gasteiger partial charge in [-0.05, 0) is 32.6 Å². The van der Waals surface area contributed by atoms with Crippen molar-refractivity contribution in [1.29, 1.82) is 0 Å². The highest BCUT2D eigenvalue weighted by molar-refractivity contribution is 5.83. The third-order valence-corrected chi connectivity index (χ3v) is 3.31. The van der Waals surface area contributed by atoms with Crippen LogP contribution in [0.2, 0.25) is 0 Å². The van der Waals surface area contributed by atoms with Gasteiger partial charge in [-0.2, -0.15) is 0 Å². The summed E-state index contributed by atoms with van der Waals surface area (Å²) in [5, 5.41) is 15.3. The summed E-state index contributed by atoms with van der Waals surface area (Å²) in [5.74, 6) is 0.0451. The van der Waals surface area contributed by atoms with Gasteiger partial charge in [-0.25, -0.2) is 0 Å². The molecule has 2 rings (SSSR count). The first-order chi connectivity index (χ1) is 6.59. The second-order valence-electron chi connectivity index (χ2n) is 4.75. The Morgan fingerprint density at radius 2 is 2.29 bits per heavy atom. The number of β-amino-alcohol motifs (C(OH)–C–C–N with tert-alkyl or cyclic N) is 1. The summed E-state index contributed by atoms with van der Waals surface area (Å²) >= 11 is 0. The molecule has 0 aromatic rings. The standard InChI is InChI=1S/C10H18N2O2/c1-10(3-2-4-10)12-9(14)8-5-7(13)6-11-8/h7-8,11,13H,2-6H2,1H3,(H,12,14). The Bertz CT molecular complexity index is 238. The van der Waals surface area contributed by atoms with E-state index in [9.17, 15) is 9.90 Å². The van der Waals surface area contributed by atoms with Gasteiger partial charge in [0.2, 0.25) is 5.91 Å². The van der Waals surface area contributed by atoms with Crippen LogP contribution in [0.4, 0.5) is 0 Å². The van der Waals surface area contributed by atoms with Crippen LogP contribution in [-0.4, -0.2) is 35.2 Å². The van der Waals surface area contributed by atoms with Crippen molar-refractivity contribution in [3.05, 3.63) is 0 Å². The molecule has 4 nitrogen and oxygen atoms in total. The van der Waals surface area contributed by atoms with Crippen molar-refractivity contribution < 1.29 is 9.90 Å². The van der Waals surface area contributed by atoms with Crippen LogP contribution in [0, 0.1) is 0 Å². The summed E-state index contributed by atoms with van der Waals surface area (Å²) in [6, 6.07) is -0.192. The predicted molar refractivity (Wildman–Crippen MR) is 52.8 cm³/mol. The summed E-state index contributed by atoms with van der Waals surface area (Å²) in [7, 11) is 0. The number of nitrogens with one attached hydrogen (secondary N) is 2. The Morgan fingerprint density at radius 3 is 2.71 bits per heavy atom. The first-order valence-corrected chi connectivity index (χ1v) is 5.33. The van der Waals surface area contributed by atoms with E-state index in [4.69, 9.17) is 0 Å². The van der Waals surface area contributed by atoms with Crippen LogP contribution in [-0.2, 0) is 4.79 Å². The summed E-state index contributed by atoms with van der Waals surface area (Å²) in [6.07, 6.45) is 3.54. The zero-order valence-electron chi connectivity index (χ0n) is 8.55. The molecule has 2 unspecified atom stereocenters. The van der Waals surface area contributed by atoms with E-state index in [2.05, 4.69) is 17.6 Å². The highest BCUT2D eigenvalue weighted by Crippen LogP contribution is 2.31. The lowest BCUT2D eigenvalue weighted by atomic mass is 9.78. The summed E-state index contributed by atoms with van der Waals surface area (Å²) < 4.78 is 0. The molecule has 0 aromatic heterocycles. The van der Waals surface area contributed by atoms with E-state index in [1.807, 2.05) is 0 Å². The average Bonchev–Trinajstić information content (AvgIpc) is 2.49. The molecule has 2 fully saturated rings. The van der Waals surface area contributed by atoms with E-state index in [-0.39, 0.29) is 23.6 Å². The highest BCUT2D eigenvalue weighted by atomic mass is 16.3. The Morgan fingerprint density at radius 1 is 1.57 bits per heavy atom. The summed E-state index contributed by atoms with van der Waals surface area (Å²) in [4.78, 5) is 11.7. The van der Waals surface area contributed by atoms with Gasteiger partial charge in [0.1, 0.15) is 0 Å². The van der Waals surface area contributed by atoms with Gasteiger partial charge in [0.15, 0.2) is 0 Å². The minimum Gasteiger partial charge on any atom is -0.392 e. The summed E-state index contributed by atoms with van der Waals surface area (Å²) in [5.41, 5.74) is 0.0201. The number of carbonyl (C=O) groups excluding carboxylic acids is 1. The van der Waals surface area contributed by atoms with E-state index in [0.717, 1.165) is 12.8 Å². The van der Waals surface area contributed by atoms with Crippen molar-refractivity contribution in [2.24, 2.45) is 0 Å². The maximum absolute atomic E-state index is 11.7. The Kier molecular flexibility index (Phi) is 2.49. The van der Waals surface area contributed by atoms with Gasteiger partial charge >= 0.3 is 0 Å². The molecular formula is C10H18N2O2. The van der Waals surface area contributed by atoms with Crippen molar-refractivity contribution in [3.63, 3.8) is 0 Å². The molecule has 80 valence electrons. The second-order valence-corrected chi connectivity index (χ2v) is 4.75. The van der Waals surface area contributed by atoms with Crippen LogP contribution < -0.4 is 10.6 Å². The topological polar surface area (TPSA) is 61.4 Å². The van der Waals surface area contributed by atoms with Crippen molar-refractivity contribution in [2.75, 3.05) is 6.54 Å². The molecule has 1 saturated carbocycles. The molecule has 1 aliphatic carbocycles. The third-order valence-electron chi connectivity index (χ3n) is 3.31. The largest absolute Gasteiger partial charge is 0.392 e. The molecule has 1 saturated heterocycles. The molecule has 0 aromatic carbocycles. The molecule has 2 aliphatic rings. The quantitative estimate of drug-likeness (QED) is 0.574. The van der Waals surface area contributed by atoms with Gasteiger partial charge in [-0.15, -0.1) is 0 Å². The fourth-order valence-corrected chi connectivity index (χ4v) is 2.13. The first-order valence-electron chi connectivity index (χ1n) is 5.33. The number of rotatable bonds is 2. The lowest BCUT2D eigenvalue weighted by molar-refractivity contribution is -0.125. The van der Waals surface area contributed by atoms with Crippen molar-refractivity contribution >= 4 is 5.91 Å². The van der Waals surface area contributed by atoms with Gasteiger partial charge in [-0.1, -0.05) is 0 Å². The predicted octanol–water partition coefficient (Wildman–Crippen LogP) is -0.232. The van der Waals surface area contributed by atoms with Crippen molar-refractivity contribution in [1.82, 2.24) is 10.6 Å². The lowest BCUT2D eigenvalue weighted by Crippen LogP contribution is -2.55. The third kappa shape index (κ3) is 1.91. The number of amides is 1. The molecular weight excluding hydrogens is 180 g/mol. The number of aliphatic hydroxyl groups is 1. The minimum atomic E-state index is -0.361. The molecule has 1 heterocycles. The average molecular weight is 198 g/mol. The molecule has 2 atom stereocenters. The van der Waals surface area contributed by atoms with Crippen LogP contribution in [0.5, 0.6) is 0 Å². The zero-order chi connectivity index (χ0) is 10.2. The lowest BCUT2D eigenvalue weighted by Gasteiger charge is -2.39. The molecule has 0 spiro atoms. The van der Waals surface area contributed by atoms with Gasteiger partial charge in [0.25, 0.3) is 0 Å². The Balaban J connectivity index is 1.83. The maximum atomic E-state index is 11.7. The van der Waals surface area contributed by atoms with Crippen molar-refractivity contribution in [2.45, 2.75) is 50.3 Å².